The van der Waals surface area contributed by atoms with E-state index < -0.39 is 10.0 Å². The Labute approximate surface area is 123 Å². The minimum Gasteiger partial charge on any atom is -0.213 e. The van der Waals surface area contributed by atoms with Crippen molar-refractivity contribution >= 4 is 10.0 Å². The number of sulfonamides is 1. The molecule has 0 saturated carbocycles. The zero-order valence-electron chi connectivity index (χ0n) is 12.9. The van der Waals surface area contributed by atoms with Crippen LogP contribution in [0.1, 0.15) is 50.7 Å². The van der Waals surface area contributed by atoms with E-state index in [1.807, 2.05) is 0 Å². The minimum atomic E-state index is -3.03. The number of piperidine rings is 1. The zero-order valence-corrected chi connectivity index (χ0v) is 13.7. The van der Waals surface area contributed by atoms with Crippen molar-refractivity contribution in [3.8, 4) is 0 Å². The lowest BCUT2D eigenvalue weighted by molar-refractivity contribution is 0.321. The van der Waals surface area contributed by atoms with E-state index in [0.717, 1.165) is 12.8 Å². The number of benzene rings is 1. The van der Waals surface area contributed by atoms with Gasteiger partial charge in [-0.3, -0.25) is 0 Å². The van der Waals surface area contributed by atoms with E-state index in [4.69, 9.17) is 0 Å². The monoisotopic (exact) mass is 295 g/mol. The Kier molecular flexibility index (Phi) is 4.26. The average molecular weight is 295 g/mol. The molecule has 1 aliphatic rings. The minimum absolute atomic E-state index is 0.156. The summed E-state index contributed by atoms with van der Waals surface area (Å²) in [5.41, 5.74) is 2.86. The third-order valence-corrected chi connectivity index (χ3v) is 5.45. The van der Waals surface area contributed by atoms with Gasteiger partial charge < -0.3 is 0 Å². The molecule has 0 radical (unpaired) electrons. The summed E-state index contributed by atoms with van der Waals surface area (Å²) in [6, 6.07) is 8.77. The Balaban J connectivity index is 2.12. The Bertz CT molecular complexity index is 564. The second-order valence-corrected chi connectivity index (χ2v) is 8.79. The predicted octanol–water partition coefficient (Wildman–Crippen LogP) is 3.12. The topological polar surface area (TPSA) is 37.4 Å². The summed E-state index contributed by atoms with van der Waals surface area (Å²) < 4.78 is 24.7. The highest BCUT2D eigenvalue weighted by Gasteiger charge is 2.26. The number of nitrogens with zero attached hydrogens (tertiary/aromatic N) is 1. The first-order valence-electron chi connectivity index (χ1n) is 7.23. The molecule has 1 fully saturated rings. The van der Waals surface area contributed by atoms with E-state index in [0.29, 0.717) is 19.0 Å². The van der Waals surface area contributed by atoms with Crippen molar-refractivity contribution in [3.05, 3.63) is 35.4 Å². The maximum atomic E-state index is 11.5. The van der Waals surface area contributed by atoms with E-state index in [1.54, 1.807) is 4.31 Å². The fourth-order valence-corrected chi connectivity index (χ4v) is 3.65. The summed E-state index contributed by atoms with van der Waals surface area (Å²) in [6.45, 7) is 7.95. The van der Waals surface area contributed by atoms with Gasteiger partial charge in [0.05, 0.1) is 6.26 Å². The van der Waals surface area contributed by atoms with Crippen LogP contribution in [0.3, 0.4) is 0 Å². The number of rotatable bonds is 2. The molecule has 112 valence electrons. The maximum absolute atomic E-state index is 11.5. The molecule has 3 nitrogen and oxygen atoms in total. The van der Waals surface area contributed by atoms with Crippen molar-refractivity contribution in [1.29, 1.82) is 0 Å². The molecule has 0 atom stereocenters. The van der Waals surface area contributed by atoms with Crippen molar-refractivity contribution in [2.45, 2.75) is 44.9 Å². The standard InChI is InChI=1S/C16H25NO2S/c1-16(2,3)15-7-5-6-14(12-15)13-8-10-17(11-9-13)20(4,18)19/h5-7,12-13H,8-11H2,1-4H3. The zero-order chi connectivity index (χ0) is 15.0. The van der Waals surface area contributed by atoms with Crippen LogP contribution in [0, 0.1) is 0 Å². The van der Waals surface area contributed by atoms with Gasteiger partial charge in [0.25, 0.3) is 0 Å². The SMILES string of the molecule is CC(C)(C)c1cccc(C2CCN(S(C)(=O)=O)CC2)c1. The molecule has 1 saturated heterocycles. The molecule has 2 rings (SSSR count). The van der Waals surface area contributed by atoms with E-state index in [2.05, 4.69) is 45.0 Å². The van der Waals surface area contributed by atoms with Crippen molar-refractivity contribution in [3.63, 3.8) is 0 Å². The fraction of sp³-hybridized carbons (Fsp3) is 0.625. The molecule has 1 aromatic carbocycles. The van der Waals surface area contributed by atoms with Crippen LogP contribution >= 0.6 is 0 Å². The Morgan fingerprint density at radius 1 is 1.15 bits per heavy atom. The summed E-state index contributed by atoms with van der Waals surface area (Å²) in [5, 5.41) is 0. The molecule has 1 aliphatic heterocycles. The molecule has 0 amide bonds. The molecule has 0 aliphatic carbocycles. The Hall–Kier alpha value is -0.870. The first-order valence-corrected chi connectivity index (χ1v) is 9.08. The van der Waals surface area contributed by atoms with Crippen LogP contribution in [0.5, 0.6) is 0 Å². The molecule has 0 spiro atoms. The van der Waals surface area contributed by atoms with Gasteiger partial charge in [-0.1, -0.05) is 45.0 Å². The molecule has 0 N–H and O–H groups in total. The van der Waals surface area contributed by atoms with Crippen LogP contribution in [0.2, 0.25) is 0 Å². The van der Waals surface area contributed by atoms with Gasteiger partial charge in [0.15, 0.2) is 0 Å². The van der Waals surface area contributed by atoms with E-state index in [-0.39, 0.29) is 5.41 Å². The van der Waals surface area contributed by atoms with Crippen LogP contribution in [0.25, 0.3) is 0 Å². The first-order chi connectivity index (χ1) is 9.18. The van der Waals surface area contributed by atoms with Crippen LogP contribution in [-0.4, -0.2) is 32.1 Å². The first kappa shape index (κ1) is 15.5. The number of hydrogen-bond acceptors (Lipinski definition) is 2. The Morgan fingerprint density at radius 2 is 1.75 bits per heavy atom. The van der Waals surface area contributed by atoms with Crippen LogP contribution in [-0.2, 0) is 15.4 Å². The third-order valence-electron chi connectivity index (χ3n) is 4.15. The molecule has 0 unspecified atom stereocenters. The Morgan fingerprint density at radius 3 is 2.25 bits per heavy atom. The van der Waals surface area contributed by atoms with Gasteiger partial charge in [-0.05, 0) is 35.3 Å². The van der Waals surface area contributed by atoms with Crippen molar-refractivity contribution in [2.75, 3.05) is 19.3 Å². The van der Waals surface area contributed by atoms with Crippen molar-refractivity contribution < 1.29 is 8.42 Å². The van der Waals surface area contributed by atoms with Gasteiger partial charge in [0.2, 0.25) is 10.0 Å². The van der Waals surface area contributed by atoms with Gasteiger partial charge in [-0.25, -0.2) is 12.7 Å². The summed E-state index contributed by atoms with van der Waals surface area (Å²) in [7, 11) is -3.03. The largest absolute Gasteiger partial charge is 0.213 e. The quantitative estimate of drug-likeness (QED) is 0.840. The van der Waals surface area contributed by atoms with E-state index in [1.165, 1.54) is 17.4 Å². The van der Waals surface area contributed by atoms with E-state index in [9.17, 15) is 8.42 Å². The molecular formula is C16H25NO2S. The van der Waals surface area contributed by atoms with Gasteiger partial charge >= 0.3 is 0 Å². The van der Waals surface area contributed by atoms with Gasteiger partial charge in [-0.2, -0.15) is 0 Å². The highest BCUT2D eigenvalue weighted by Crippen LogP contribution is 2.31. The lowest BCUT2D eigenvalue weighted by atomic mass is 9.83. The number of hydrogen-bond donors (Lipinski definition) is 0. The second kappa shape index (κ2) is 5.49. The molecular weight excluding hydrogens is 270 g/mol. The fourth-order valence-electron chi connectivity index (χ4n) is 2.78. The van der Waals surface area contributed by atoms with Gasteiger partial charge in [0.1, 0.15) is 0 Å². The molecule has 4 heteroatoms. The lowest BCUT2D eigenvalue weighted by Crippen LogP contribution is -2.37. The second-order valence-electron chi connectivity index (χ2n) is 6.81. The summed E-state index contributed by atoms with van der Waals surface area (Å²) >= 11 is 0. The van der Waals surface area contributed by atoms with Crippen molar-refractivity contribution in [2.24, 2.45) is 0 Å². The lowest BCUT2D eigenvalue weighted by Gasteiger charge is -2.31. The summed E-state index contributed by atoms with van der Waals surface area (Å²) in [4.78, 5) is 0. The highest BCUT2D eigenvalue weighted by atomic mass is 32.2. The molecule has 1 aromatic rings. The molecule has 20 heavy (non-hydrogen) atoms. The third kappa shape index (κ3) is 3.61. The van der Waals surface area contributed by atoms with E-state index >= 15 is 0 Å². The molecule has 1 heterocycles. The van der Waals surface area contributed by atoms with Crippen LogP contribution in [0.15, 0.2) is 24.3 Å². The van der Waals surface area contributed by atoms with Crippen molar-refractivity contribution in [1.82, 2.24) is 4.31 Å². The summed E-state index contributed by atoms with van der Waals surface area (Å²) in [5.74, 6) is 0.482. The predicted molar refractivity (Wildman–Crippen MR) is 83.5 cm³/mol. The molecule has 0 bridgehead atoms. The van der Waals surface area contributed by atoms with Gasteiger partial charge in [-0.15, -0.1) is 0 Å². The average Bonchev–Trinajstić information content (AvgIpc) is 2.37. The highest BCUT2D eigenvalue weighted by molar-refractivity contribution is 7.88. The summed E-state index contributed by atoms with van der Waals surface area (Å²) in [6.07, 6.45) is 3.13. The van der Waals surface area contributed by atoms with Gasteiger partial charge in [0, 0.05) is 13.1 Å². The smallest absolute Gasteiger partial charge is 0.211 e. The maximum Gasteiger partial charge on any atom is 0.211 e. The van der Waals surface area contributed by atoms with Crippen LogP contribution < -0.4 is 0 Å². The normalized spacial score (nSPS) is 19.2. The molecule has 0 aromatic heterocycles. The van der Waals surface area contributed by atoms with Crippen LogP contribution in [0.4, 0.5) is 0 Å².